The Labute approximate surface area is 354 Å². The summed E-state index contributed by atoms with van der Waals surface area (Å²) in [5, 5.41) is 0.235. The molecule has 10 rings (SSSR count). The number of nitrogens with zero attached hydrogens (tertiary/aromatic N) is 2. The van der Waals surface area contributed by atoms with Gasteiger partial charge in [-0.1, -0.05) is 119 Å². The van der Waals surface area contributed by atoms with Crippen LogP contribution in [0.1, 0.15) is 152 Å². The van der Waals surface area contributed by atoms with Crippen LogP contribution in [0.2, 0.25) is 0 Å². The quantitative estimate of drug-likeness (QED) is 0.165. The van der Waals surface area contributed by atoms with Crippen LogP contribution in [0.25, 0.3) is 0 Å². The predicted molar refractivity (Wildman–Crippen MR) is 252 cm³/mol. The van der Waals surface area contributed by atoms with Gasteiger partial charge in [-0.2, -0.15) is 0 Å². The molecule has 0 fully saturated rings. The fourth-order valence-electron chi connectivity index (χ4n) is 11.7. The van der Waals surface area contributed by atoms with Crippen LogP contribution in [0.4, 0.5) is 28.4 Å². The van der Waals surface area contributed by atoms with Gasteiger partial charge in [0.2, 0.25) is 6.71 Å². The van der Waals surface area contributed by atoms with E-state index in [2.05, 4.69) is 196 Å². The summed E-state index contributed by atoms with van der Waals surface area (Å²) in [5.41, 5.74) is 22.0. The van der Waals surface area contributed by atoms with Gasteiger partial charge in [0.05, 0.1) is 5.37 Å². The maximum absolute atomic E-state index is 2.75. The third kappa shape index (κ3) is 5.52. The first-order chi connectivity index (χ1) is 27.2. The molecule has 2 unspecified atom stereocenters. The molecule has 0 N–H and O–H groups in total. The smallest absolute Gasteiger partial charge is 0.228 e. The second-order valence-electron chi connectivity index (χ2n) is 22.4. The molecule has 0 saturated carbocycles. The number of thioether (sulfide) groups is 1. The molecule has 2 nitrogen and oxygen atoms in total. The van der Waals surface area contributed by atoms with Gasteiger partial charge in [0.15, 0.2) is 0 Å². The summed E-state index contributed by atoms with van der Waals surface area (Å²) in [5.74, 6) is 0.292. The van der Waals surface area contributed by atoms with Crippen LogP contribution in [-0.2, 0) is 27.1 Å². The molecular formula is C54H63BN2S. The third-order valence-electron chi connectivity index (χ3n) is 15.5. The zero-order valence-electron chi connectivity index (χ0n) is 37.4. The lowest BCUT2D eigenvalue weighted by molar-refractivity contribution is 0.331. The Hall–Kier alpha value is -3.89. The van der Waals surface area contributed by atoms with Gasteiger partial charge >= 0.3 is 0 Å². The summed E-state index contributed by atoms with van der Waals surface area (Å²) in [6.45, 7) is 31.8. The number of rotatable bonds is 2. The summed E-state index contributed by atoms with van der Waals surface area (Å²) >= 11 is 2.08. The lowest BCUT2D eigenvalue weighted by atomic mass is 9.29. The summed E-state index contributed by atoms with van der Waals surface area (Å²) in [7, 11) is 0. The summed E-state index contributed by atoms with van der Waals surface area (Å²) in [6.07, 6.45) is 4.83. The first kappa shape index (κ1) is 38.3. The Kier molecular flexibility index (Phi) is 8.16. The lowest BCUT2D eigenvalue weighted by Crippen LogP contribution is -2.62. The van der Waals surface area contributed by atoms with E-state index >= 15 is 0 Å². The monoisotopic (exact) mass is 782 g/mol. The highest BCUT2D eigenvalue weighted by molar-refractivity contribution is 8.00. The maximum Gasteiger partial charge on any atom is 0.228 e. The maximum atomic E-state index is 2.75. The van der Waals surface area contributed by atoms with Crippen LogP contribution in [0.5, 0.6) is 0 Å². The van der Waals surface area contributed by atoms with Crippen molar-refractivity contribution < 1.29 is 0 Å². The van der Waals surface area contributed by atoms with Gasteiger partial charge in [-0.3, -0.25) is 0 Å². The Bertz CT molecular complexity index is 2530. The zero-order valence-corrected chi connectivity index (χ0v) is 38.3. The van der Waals surface area contributed by atoms with Crippen molar-refractivity contribution >= 4 is 57.8 Å². The van der Waals surface area contributed by atoms with Crippen molar-refractivity contribution in [1.29, 1.82) is 0 Å². The molecule has 2 aliphatic carbocycles. The van der Waals surface area contributed by atoms with Gasteiger partial charge in [0.1, 0.15) is 0 Å². The van der Waals surface area contributed by atoms with Crippen LogP contribution in [0, 0.1) is 13.8 Å². The molecule has 4 heteroatoms. The second kappa shape index (κ2) is 12.3. The molecule has 0 radical (unpaired) electrons. The SMILES string of the molecule is Cc1cc2c3c(c1)N(c1ccc(C(C)(C)C)cc1)C1Sc4ccccc4C1B3c1cc3c(cc1N2c1cc2c(cc1C)C(C)(C)CCC2(C)C)C(C)(C)CCC3(C)C. The van der Waals surface area contributed by atoms with Gasteiger partial charge in [-0.15, -0.1) is 11.8 Å². The Morgan fingerprint density at radius 3 is 1.74 bits per heavy atom. The molecule has 0 saturated heterocycles. The van der Waals surface area contributed by atoms with E-state index in [1.807, 2.05) is 0 Å². The summed E-state index contributed by atoms with van der Waals surface area (Å²) in [4.78, 5) is 6.92. The number of aryl methyl sites for hydroxylation is 2. The van der Waals surface area contributed by atoms with Crippen LogP contribution in [0.15, 0.2) is 89.8 Å². The standard InChI is InChI=1S/C54H63BN2S/c1-32-26-44-48-45(27-32)57(42-30-39-37(28-33(42)2)51(6,7)22-24-53(39,10)11)43-31-40-38(52(8,9)23-25-54(40,12)13)29-41(43)55(48)47-36-16-14-15-17-46(36)58-49(47)56(44)35-20-18-34(19-21-35)50(3,4)5/h14-21,26-31,47,49H,22-25H2,1-13H3. The van der Waals surface area contributed by atoms with Gasteiger partial charge in [-0.25, -0.2) is 0 Å². The molecule has 0 spiro atoms. The second-order valence-corrected chi connectivity index (χ2v) is 23.6. The van der Waals surface area contributed by atoms with E-state index in [0.29, 0.717) is 5.82 Å². The van der Waals surface area contributed by atoms with Gasteiger partial charge in [0.25, 0.3) is 0 Å². The average Bonchev–Trinajstić information content (AvgIpc) is 3.54. The molecular weight excluding hydrogens is 719 g/mol. The summed E-state index contributed by atoms with van der Waals surface area (Å²) < 4.78 is 0. The first-order valence-electron chi connectivity index (χ1n) is 22.1. The van der Waals surface area contributed by atoms with E-state index in [4.69, 9.17) is 0 Å². The predicted octanol–water partition coefficient (Wildman–Crippen LogP) is 13.6. The molecule has 5 aromatic rings. The van der Waals surface area contributed by atoms with Gasteiger partial charge in [0, 0.05) is 39.1 Å². The number of anilines is 5. The minimum absolute atomic E-state index is 0.0944. The fourth-order valence-corrected chi connectivity index (χ4v) is 13.3. The lowest BCUT2D eigenvalue weighted by Gasteiger charge is -2.51. The molecule has 0 bridgehead atoms. The van der Waals surface area contributed by atoms with E-state index in [9.17, 15) is 0 Å². The Morgan fingerprint density at radius 1 is 0.603 bits per heavy atom. The van der Waals surface area contributed by atoms with Gasteiger partial charge in [-0.05, 0) is 165 Å². The first-order valence-corrected chi connectivity index (χ1v) is 23.0. The largest absolute Gasteiger partial charge is 0.329 e. The highest BCUT2D eigenvalue weighted by Crippen LogP contribution is 2.58. The molecule has 0 aromatic heterocycles. The van der Waals surface area contributed by atoms with E-state index in [1.54, 1.807) is 5.56 Å². The summed E-state index contributed by atoms with van der Waals surface area (Å²) in [6, 6.07) is 34.6. The molecule has 298 valence electrons. The van der Waals surface area contributed by atoms with E-state index < -0.39 is 0 Å². The van der Waals surface area contributed by atoms with Crippen molar-refractivity contribution in [3.8, 4) is 0 Å². The van der Waals surface area contributed by atoms with Crippen LogP contribution >= 0.6 is 11.8 Å². The fraction of sp³-hybridized carbons (Fsp3) is 0.444. The van der Waals surface area contributed by atoms with Crippen molar-refractivity contribution in [2.45, 2.75) is 159 Å². The molecule has 5 aliphatic rings. The Balaban J connectivity index is 1.31. The topological polar surface area (TPSA) is 6.48 Å². The van der Waals surface area contributed by atoms with E-state index in [0.717, 1.165) is 0 Å². The number of fused-ring (bicyclic) bond motifs is 8. The number of hydrogen-bond acceptors (Lipinski definition) is 3. The molecule has 58 heavy (non-hydrogen) atoms. The third-order valence-corrected chi connectivity index (χ3v) is 16.9. The zero-order chi connectivity index (χ0) is 41.1. The minimum atomic E-state index is 0.0944. The number of hydrogen-bond donors (Lipinski definition) is 0. The molecule has 3 aliphatic heterocycles. The minimum Gasteiger partial charge on any atom is -0.329 e. The van der Waals surface area contributed by atoms with Crippen LogP contribution in [-0.4, -0.2) is 12.1 Å². The van der Waals surface area contributed by atoms with Crippen LogP contribution < -0.4 is 20.7 Å². The van der Waals surface area contributed by atoms with E-state index in [-0.39, 0.29) is 39.2 Å². The van der Waals surface area contributed by atoms with Crippen LogP contribution in [0.3, 0.4) is 0 Å². The van der Waals surface area contributed by atoms with Gasteiger partial charge < -0.3 is 9.80 Å². The molecule has 5 aromatic carbocycles. The van der Waals surface area contributed by atoms with Crippen molar-refractivity contribution in [3.63, 3.8) is 0 Å². The highest BCUT2D eigenvalue weighted by atomic mass is 32.2. The Morgan fingerprint density at radius 2 is 1.14 bits per heavy atom. The molecule has 3 heterocycles. The van der Waals surface area contributed by atoms with Crippen molar-refractivity contribution in [3.05, 3.63) is 129 Å². The van der Waals surface area contributed by atoms with Crippen molar-refractivity contribution in [1.82, 2.24) is 0 Å². The molecule has 0 amide bonds. The van der Waals surface area contributed by atoms with Crippen molar-refractivity contribution in [2.75, 3.05) is 9.80 Å². The average molecular weight is 783 g/mol. The van der Waals surface area contributed by atoms with Crippen molar-refractivity contribution in [2.24, 2.45) is 0 Å². The highest BCUT2D eigenvalue weighted by Gasteiger charge is 2.55. The van der Waals surface area contributed by atoms with E-state index in [1.165, 1.54) is 109 Å². The molecule has 2 atom stereocenters. The number of benzene rings is 5. The normalized spacial score (nSPS) is 22.7.